The minimum absolute atomic E-state index is 0.000265. The lowest BCUT2D eigenvalue weighted by atomic mass is 10.1. The average Bonchev–Trinajstić information content (AvgIpc) is 2.41. The summed E-state index contributed by atoms with van der Waals surface area (Å²) in [5.41, 5.74) is 7.20. The molecule has 19 heavy (non-hydrogen) atoms. The first-order chi connectivity index (χ1) is 9.08. The van der Waals surface area contributed by atoms with Gasteiger partial charge in [-0.05, 0) is 30.7 Å². The first-order valence-electron chi connectivity index (χ1n) is 5.99. The van der Waals surface area contributed by atoms with Crippen LogP contribution < -0.4 is 5.73 Å². The third-order valence-corrected chi connectivity index (χ3v) is 3.89. The number of hydrogen-bond acceptors (Lipinski definition) is 2. The van der Waals surface area contributed by atoms with E-state index in [0.717, 1.165) is 16.5 Å². The van der Waals surface area contributed by atoms with Crippen molar-refractivity contribution < 1.29 is 8.78 Å². The molecular weight excluding hydrogens is 264 g/mol. The summed E-state index contributed by atoms with van der Waals surface area (Å²) in [4.78, 5) is 1.01. The van der Waals surface area contributed by atoms with Crippen molar-refractivity contribution in [3.8, 4) is 0 Å². The standard InChI is InChI=1S/C15H15F2NS/c1-10(18)11-5-7-13(8-6-11)19-9-12-3-2-4-14(16)15(12)17/h2-8,10H,9,18H2,1H3. The molecule has 0 saturated carbocycles. The summed E-state index contributed by atoms with van der Waals surface area (Å²) < 4.78 is 26.5. The molecule has 0 aliphatic heterocycles. The second kappa shape index (κ2) is 6.17. The predicted molar refractivity (Wildman–Crippen MR) is 75.0 cm³/mol. The zero-order chi connectivity index (χ0) is 13.8. The first-order valence-corrected chi connectivity index (χ1v) is 6.97. The van der Waals surface area contributed by atoms with Gasteiger partial charge in [-0.25, -0.2) is 8.78 Å². The van der Waals surface area contributed by atoms with Gasteiger partial charge in [0.2, 0.25) is 0 Å². The largest absolute Gasteiger partial charge is 0.324 e. The van der Waals surface area contributed by atoms with Crippen molar-refractivity contribution >= 4 is 11.8 Å². The Morgan fingerprint density at radius 1 is 1.11 bits per heavy atom. The number of rotatable bonds is 4. The summed E-state index contributed by atoms with van der Waals surface area (Å²) in [6.45, 7) is 1.92. The lowest BCUT2D eigenvalue weighted by molar-refractivity contribution is 0.502. The Labute approximate surface area is 115 Å². The van der Waals surface area contributed by atoms with E-state index in [4.69, 9.17) is 5.73 Å². The van der Waals surface area contributed by atoms with Crippen molar-refractivity contribution in [2.45, 2.75) is 23.6 Å². The molecule has 2 rings (SSSR count). The van der Waals surface area contributed by atoms with E-state index in [1.54, 1.807) is 6.07 Å². The zero-order valence-electron chi connectivity index (χ0n) is 10.6. The molecule has 1 nitrogen and oxygen atoms in total. The highest BCUT2D eigenvalue weighted by Gasteiger charge is 2.08. The monoisotopic (exact) mass is 279 g/mol. The van der Waals surface area contributed by atoms with Crippen LogP contribution >= 0.6 is 11.8 Å². The van der Waals surface area contributed by atoms with Crippen LogP contribution in [0.1, 0.15) is 24.1 Å². The van der Waals surface area contributed by atoms with E-state index >= 15 is 0 Å². The van der Waals surface area contributed by atoms with Crippen LogP contribution in [0.4, 0.5) is 8.78 Å². The van der Waals surface area contributed by atoms with Crippen LogP contribution in [0, 0.1) is 11.6 Å². The fraction of sp³-hybridized carbons (Fsp3) is 0.200. The van der Waals surface area contributed by atoms with Gasteiger partial charge in [0.1, 0.15) is 0 Å². The molecular formula is C15H15F2NS. The molecule has 0 aliphatic carbocycles. The van der Waals surface area contributed by atoms with Gasteiger partial charge in [-0.15, -0.1) is 11.8 Å². The summed E-state index contributed by atoms with van der Waals surface area (Å²) in [6.07, 6.45) is 0. The highest BCUT2D eigenvalue weighted by Crippen LogP contribution is 2.25. The molecule has 0 heterocycles. The Morgan fingerprint density at radius 3 is 2.42 bits per heavy atom. The third kappa shape index (κ3) is 3.55. The van der Waals surface area contributed by atoms with Crippen LogP contribution in [-0.4, -0.2) is 0 Å². The molecule has 4 heteroatoms. The molecule has 2 aromatic rings. The SMILES string of the molecule is CC(N)c1ccc(SCc2cccc(F)c2F)cc1. The minimum Gasteiger partial charge on any atom is -0.324 e. The summed E-state index contributed by atoms with van der Waals surface area (Å²) in [5, 5.41) is 0. The van der Waals surface area contributed by atoms with Crippen LogP contribution in [0.2, 0.25) is 0 Å². The molecule has 0 radical (unpaired) electrons. The molecule has 0 bridgehead atoms. The van der Waals surface area contributed by atoms with Gasteiger partial charge in [0, 0.05) is 22.3 Å². The Morgan fingerprint density at radius 2 is 1.79 bits per heavy atom. The van der Waals surface area contributed by atoms with Gasteiger partial charge in [0.15, 0.2) is 11.6 Å². The molecule has 0 spiro atoms. The van der Waals surface area contributed by atoms with Crippen molar-refractivity contribution in [3.63, 3.8) is 0 Å². The number of nitrogens with two attached hydrogens (primary N) is 1. The van der Waals surface area contributed by atoms with Gasteiger partial charge < -0.3 is 5.73 Å². The third-order valence-electron chi connectivity index (χ3n) is 2.83. The van der Waals surface area contributed by atoms with Crippen LogP contribution in [0.3, 0.4) is 0 Å². The smallest absolute Gasteiger partial charge is 0.162 e. The van der Waals surface area contributed by atoms with E-state index in [0.29, 0.717) is 11.3 Å². The Kier molecular flexibility index (Phi) is 4.56. The maximum atomic E-state index is 13.5. The van der Waals surface area contributed by atoms with Crippen LogP contribution in [-0.2, 0) is 5.75 Å². The van der Waals surface area contributed by atoms with Gasteiger partial charge in [-0.3, -0.25) is 0 Å². The number of halogens is 2. The second-order valence-electron chi connectivity index (χ2n) is 4.36. The van der Waals surface area contributed by atoms with Crippen LogP contribution in [0.15, 0.2) is 47.4 Å². The van der Waals surface area contributed by atoms with E-state index in [2.05, 4.69) is 0 Å². The van der Waals surface area contributed by atoms with Crippen molar-refractivity contribution in [2.24, 2.45) is 5.73 Å². The number of thioether (sulfide) groups is 1. The quantitative estimate of drug-likeness (QED) is 0.845. The van der Waals surface area contributed by atoms with Crippen molar-refractivity contribution in [3.05, 3.63) is 65.2 Å². The molecule has 0 fully saturated rings. The number of hydrogen-bond donors (Lipinski definition) is 1. The van der Waals surface area contributed by atoms with E-state index in [-0.39, 0.29) is 6.04 Å². The van der Waals surface area contributed by atoms with Gasteiger partial charge in [0.25, 0.3) is 0 Å². The molecule has 0 aliphatic rings. The molecule has 0 saturated heterocycles. The molecule has 100 valence electrons. The molecule has 2 N–H and O–H groups in total. The lowest BCUT2D eigenvalue weighted by Crippen LogP contribution is -2.04. The van der Waals surface area contributed by atoms with Gasteiger partial charge >= 0.3 is 0 Å². The van der Waals surface area contributed by atoms with E-state index in [1.807, 2.05) is 31.2 Å². The van der Waals surface area contributed by atoms with Crippen molar-refractivity contribution in [1.29, 1.82) is 0 Å². The van der Waals surface area contributed by atoms with Gasteiger partial charge in [-0.2, -0.15) is 0 Å². The maximum absolute atomic E-state index is 13.5. The van der Waals surface area contributed by atoms with Crippen molar-refractivity contribution in [1.82, 2.24) is 0 Å². The molecule has 1 unspecified atom stereocenters. The highest BCUT2D eigenvalue weighted by molar-refractivity contribution is 7.98. The summed E-state index contributed by atoms with van der Waals surface area (Å²) in [7, 11) is 0. The van der Waals surface area contributed by atoms with E-state index in [1.165, 1.54) is 17.8 Å². The van der Waals surface area contributed by atoms with Crippen LogP contribution in [0.25, 0.3) is 0 Å². The Hall–Kier alpha value is -1.39. The zero-order valence-corrected chi connectivity index (χ0v) is 11.4. The summed E-state index contributed by atoms with van der Waals surface area (Å²) >= 11 is 1.47. The molecule has 0 aromatic heterocycles. The Balaban J connectivity index is 2.04. The van der Waals surface area contributed by atoms with Crippen LogP contribution in [0.5, 0.6) is 0 Å². The van der Waals surface area contributed by atoms with E-state index < -0.39 is 11.6 Å². The predicted octanol–water partition coefficient (Wildman–Crippen LogP) is 4.28. The normalized spacial score (nSPS) is 12.4. The fourth-order valence-electron chi connectivity index (χ4n) is 1.69. The topological polar surface area (TPSA) is 26.0 Å². The number of benzene rings is 2. The average molecular weight is 279 g/mol. The molecule has 1 atom stereocenters. The summed E-state index contributed by atoms with van der Waals surface area (Å²) in [6, 6.07) is 12.0. The Bertz CT molecular complexity index is 553. The van der Waals surface area contributed by atoms with E-state index in [9.17, 15) is 8.78 Å². The molecule has 2 aromatic carbocycles. The first kappa shape index (κ1) is 14.0. The van der Waals surface area contributed by atoms with Gasteiger partial charge in [0.05, 0.1) is 0 Å². The second-order valence-corrected chi connectivity index (χ2v) is 5.41. The van der Waals surface area contributed by atoms with Crippen molar-refractivity contribution in [2.75, 3.05) is 0 Å². The summed E-state index contributed by atoms with van der Waals surface area (Å²) in [5.74, 6) is -1.16. The lowest BCUT2D eigenvalue weighted by Gasteiger charge is -2.07. The maximum Gasteiger partial charge on any atom is 0.162 e. The highest BCUT2D eigenvalue weighted by atomic mass is 32.2. The minimum atomic E-state index is -0.801. The fourth-order valence-corrected chi connectivity index (χ4v) is 2.56. The van der Waals surface area contributed by atoms with Gasteiger partial charge in [-0.1, -0.05) is 24.3 Å². The molecule has 0 amide bonds.